The van der Waals surface area contributed by atoms with Crippen LogP contribution in [0.3, 0.4) is 0 Å². The zero-order valence-electron chi connectivity index (χ0n) is 30.4. The van der Waals surface area contributed by atoms with Crippen LogP contribution in [0, 0.1) is 24.7 Å². The van der Waals surface area contributed by atoms with E-state index in [9.17, 15) is 0 Å². The molecule has 0 radical (unpaired) electrons. The molecule has 2 bridgehead atoms. The molecule has 2 aliphatic rings. The Balaban J connectivity index is 1.18. The Morgan fingerprint density at radius 3 is 1.81 bits per heavy atom. The fourth-order valence-electron chi connectivity index (χ4n) is 9.78. The van der Waals surface area contributed by atoms with Crippen molar-refractivity contribution < 1.29 is 0 Å². The molecule has 6 aromatic carbocycles. The SMILES string of the molecule is Cc1cc(-c2ccccc2)cc(-c2nc(-c3ccc(C45CC(C[C@@H](C)C4)C[C@H](C)C5)cc3)nc(-c3ccccc3-c3ccc4ccccc4c3)n2)c1. The predicted molar refractivity (Wildman–Crippen MR) is 216 cm³/mol. The van der Waals surface area contributed by atoms with Gasteiger partial charge >= 0.3 is 0 Å². The molecule has 0 aliphatic heterocycles. The van der Waals surface area contributed by atoms with Crippen LogP contribution in [0.15, 0.2) is 140 Å². The minimum Gasteiger partial charge on any atom is -0.208 e. The maximum Gasteiger partial charge on any atom is 0.164 e. The van der Waals surface area contributed by atoms with Gasteiger partial charge in [-0.2, -0.15) is 0 Å². The van der Waals surface area contributed by atoms with Gasteiger partial charge in [0.1, 0.15) is 0 Å². The Morgan fingerprint density at radius 1 is 0.462 bits per heavy atom. The van der Waals surface area contributed by atoms with Crippen LogP contribution in [0.5, 0.6) is 0 Å². The van der Waals surface area contributed by atoms with E-state index in [1.807, 2.05) is 0 Å². The molecule has 9 rings (SSSR count). The molecule has 2 aliphatic carbocycles. The molecule has 7 aromatic rings. The summed E-state index contributed by atoms with van der Waals surface area (Å²) < 4.78 is 0. The third-order valence-electron chi connectivity index (χ3n) is 11.7. The molecular weight excluding hydrogens is 631 g/mol. The van der Waals surface area contributed by atoms with Gasteiger partial charge in [0.05, 0.1) is 0 Å². The van der Waals surface area contributed by atoms with Crippen molar-refractivity contribution in [3.63, 3.8) is 0 Å². The molecular formula is C49H45N3. The summed E-state index contributed by atoms with van der Waals surface area (Å²) in [6, 6.07) is 50.2. The first-order valence-electron chi connectivity index (χ1n) is 19.0. The number of aryl methyl sites for hydroxylation is 1. The van der Waals surface area contributed by atoms with Crippen LogP contribution in [-0.4, -0.2) is 15.0 Å². The molecule has 0 N–H and O–H groups in total. The van der Waals surface area contributed by atoms with Gasteiger partial charge in [0.15, 0.2) is 17.5 Å². The first kappa shape index (κ1) is 32.5. The third kappa shape index (κ3) is 6.23. The number of nitrogens with zero attached hydrogens (tertiary/aromatic N) is 3. The minimum absolute atomic E-state index is 0.280. The van der Waals surface area contributed by atoms with Crippen LogP contribution < -0.4 is 0 Å². The average Bonchev–Trinajstić information content (AvgIpc) is 3.17. The summed E-state index contributed by atoms with van der Waals surface area (Å²) in [5.74, 6) is 4.46. The van der Waals surface area contributed by atoms with Crippen LogP contribution >= 0.6 is 0 Å². The summed E-state index contributed by atoms with van der Waals surface area (Å²) in [6.45, 7) is 7.07. The van der Waals surface area contributed by atoms with Gasteiger partial charge in [-0.3, -0.25) is 0 Å². The van der Waals surface area contributed by atoms with Crippen molar-refractivity contribution in [1.29, 1.82) is 0 Å². The standard InChI is InChI=1S/C49H45N3/c1-32-25-41(36-11-5-4-6-12-36)28-42(26-32)47-50-46(38-19-21-43(22-20-38)49-29-33(2)23-35(31-49)24-34(3)30-49)51-48(52-47)45-16-10-9-15-44(45)40-18-17-37-13-7-8-14-39(37)27-40/h4-22,25-28,33-35H,23-24,29-31H2,1-3H3/t33-,34+,35?,49?. The largest absolute Gasteiger partial charge is 0.208 e. The molecule has 0 saturated heterocycles. The summed E-state index contributed by atoms with van der Waals surface area (Å²) in [5, 5.41) is 2.44. The highest BCUT2D eigenvalue weighted by atomic mass is 15.0. The van der Waals surface area contributed by atoms with E-state index in [1.54, 1.807) is 0 Å². The topological polar surface area (TPSA) is 38.7 Å². The summed E-state index contributed by atoms with van der Waals surface area (Å²) in [4.78, 5) is 15.7. The van der Waals surface area contributed by atoms with Crippen molar-refractivity contribution in [2.45, 2.75) is 58.3 Å². The molecule has 2 saturated carbocycles. The summed E-state index contributed by atoms with van der Waals surface area (Å²) >= 11 is 0. The number of fused-ring (bicyclic) bond motifs is 3. The Kier molecular flexibility index (Phi) is 8.30. The predicted octanol–water partition coefficient (Wildman–Crippen LogP) is 12.8. The lowest BCUT2D eigenvalue weighted by Crippen LogP contribution is -2.42. The van der Waals surface area contributed by atoms with Gasteiger partial charge in [-0.15, -0.1) is 0 Å². The van der Waals surface area contributed by atoms with Crippen molar-refractivity contribution in [3.8, 4) is 56.4 Å². The Bertz CT molecular complexity index is 2370. The van der Waals surface area contributed by atoms with Gasteiger partial charge < -0.3 is 0 Å². The van der Waals surface area contributed by atoms with E-state index < -0.39 is 0 Å². The van der Waals surface area contributed by atoms with Crippen molar-refractivity contribution in [3.05, 3.63) is 151 Å². The zero-order valence-corrected chi connectivity index (χ0v) is 30.4. The molecule has 3 heteroatoms. The van der Waals surface area contributed by atoms with E-state index in [0.717, 1.165) is 51.1 Å². The van der Waals surface area contributed by atoms with Crippen molar-refractivity contribution in [2.24, 2.45) is 17.8 Å². The normalized spacial score (nSPS) is 21.2. The number of rotatable bonds is 6. The van der Waals surface area contributed by atoms with E-state index in [4.69, 9.17) is 15.0 Å². The molecule has 256 valence electrons. The Labute approximate surface area is 307 Å². The highest BCUT2D eigenvalue weighted by Crippen LogP contribution is 2.54. The lowest BCUT2D eigenvalue weighted by atomic mass is 9.54. The van der Waals surface area contributed by atoms with E-state index in [2.05, 4.69) is 160 Å². The van der Waals surface area contributed by atoms with Crippen LogP contribution in [-0.2, 0) is 5.41 Å². The molecule has 3 nitrogen and oxygen atoms in total. The van der Waals surface area contributed by atoms with Crippen LogP contribution in [0.1, 0.15) is 57.1 Å². The highest BCUT2D eigenvalue weighted by Gasteiger charge is 2.45. The lowest BCUT2D eigenvalue weighted by molar-refractivity contribution is 0.0780. The van der Waals surface area contributed by atoms with Crippen LogP contribution in [0.4, 0.5) is 0 Å². The Morgan fingerprint density at radius 2 is 1.06 bits per heavy atom. The van der Waals surface area contributed by atoms with E-state index in [-0.39, 0.29) is 5.41 Å². The van der Waals surface area contributed by atoms with Gasteiger partial charge in [-0.05, 0) is 125 Å². The second-order valence-electron chi connectivity index (χ2n) is 15.9. The minimum atomic E-state index is 0.280. The first-order chi connectivity index (χ1) is 25.4. The molecule has 1 aromatic heterocycles. The smallest absolute Gasteiger partial charge is 0.164 e. The van der Waals surface area contributed by atoms with E-state index in [0.29, 0.717) is 17.5 Å². The monoisotopic (exact) mass is 675 g/mol. The maximum atomic E-state index is 5.26. The van der Waals surface area contributed by atoms with Gasteiger partial charge in [-0.1, -0.05) is 135 Å². The quantitative estimate of drug-likeness (QED) is 0.176. The van der Waals surface area contributed by atoms with Gasteiger partial charge in [0.25, 0.3) is 0 Å². The number of hydrogen-bond donors (Lipinski definition) is 0. The van der Waals surface area contributed by atoms with Crippen LogP contribution in [0.25, 0.3) is 67.2 Å². The molecule has 0 spiro atoms. The first-order valence-corrected chi connectivity index (χ1v) is 19.0. The van der Waals surface area contributed by atoms with Gasteiger partial charge in [-0.25, -0.2) is 15.0 Å². The summed E-state index contributed by atoms with van der Waals surface area (Å²) in [7, 11) is 0. The number of benzene rings is 6. The number of aromatic nitrogens is 3. The average molecular weight is 676 g/mol. The fourth-order valence-corrected chi connectivity index (χ4v) is 9.78. The molecule has 1 heterocycles. The van der Waals surface area contributed by atoms with Gasteiger partial charge in [0, 0.05) is 16.7 Å². The maximum absolute atomic E-state index is 5.26. The van der Waals surface area contributed by atoms with Crippen molar-refractivity contribution in [1.82, 2.24) is 15.0 Å². The molecule has 2 unspecified atom stereocenters. The molecule has 0 amide bonds. The second-order valence-corrected chi connectivity index (χ2v) is 15.9. The molecule has 4 atom stereocenters. The van der Waals surface area contributed by atoms with E-state index in [1.165, 1.54) is 59.6 Å². The van der Waals surface area contributed by atoms with Crippen molar-refractivity contribution in [2.75, 3.05) is 0 Å². The summed E-state index contributed by atoms with van der Waals surface area (Å²) in [5.41, 5.74) is 10.5. The van der Waals surface area contributed by atoms with E-state index >= 15 is 0 Å². The third-order valence-corrected chi connectivity index (χ3v) is 11.7. The highest BCUT2D eigenvalue weighted by molar-refractivity contribution is 5.90. The van der Waals surface area contributed by atoms with Crippen LogP contribution in [0.2, 0.25) is 0 Å². The van der Waals surface area contributed by atoms with Gasteiger partial charge in [0.2, 0.25) is 0 Å². The number of hydrogen-bond acceptors (Lipinski definition) is 3. The second kappa shape index (κ2) is 13.3. The Hall–Kier alpha value is -5.41. The zero-order chi connectivity index (χ0) is 35.2. The van der Waals surface area contributed by atoms with Crippen molar-refractivity contribution >= 4 is 10.8 Å². The fraction of sp³-hybridized carbons (Fsp3) is 0.245. The summed E-state index contributed by atoms with van der Waals surface area (Å²) in [6.07, 6.45) is 6.66. The molecule has 52 heavy (non-hydrogen) atoms. The lowest BCUT2D eigenvalue weighted by Gasteiger charge is -2.50. The molecule has 2 fully saturated rings.